The number of carbonyl (C=O) groups is 2. The van der Waals surface area contributed by atoms with E-state index in [1.54, 1.807) is 24.3 Å². The Morgan fingerprint density at radius 1 is 1.14 bits per heavy atom. The fourth-order valence-electron chi connectivity index (χ4n) is 3.34. The molecule has 0 saturated heterocycles. The van der Waals surface area contributed by atoms with E-state index in [-0.39, 0.29) is 13.0 Å². The lowest BCUT2D eigenvalue weighted by Gasteiger charge is -2.17. The second-order valence-corrected chi connectivity index (χ2v) is 7.13. The van der Waals surface area contributed by atoms with Crippen molar-refractivity contribution >= 4 is 28.7 Å². The molecule has 3 rings (SSSR count). The molecule has 1 amide bonds. The molecule has 29 heavy (non-hydrogen) atoms. The van der Waals surface area contributed by atoms with E-state index in [1.165, 1.54) is 11.5 Å². The number of nitrogens with zero attached hydrogens (tertiary/aromatic N) is 1. The number of amides is 1. The zero-order valence-corrected chi connectivity index (χ0v) is 16.9. The van der Waals surface area contributed by atoms with Gasteiger partial charge in [0.2, 0.25) is 0 Å². The van der Waals surface area contributed by atoms with Crippen LogP contribution in [0.4, 0.5) is 5.69 Å². The summed E-state index contributed by atoms with van der Waals surface area (Å²) in [6.45, 7) is 7.45. The maximum Gasteiger partial charge on any atom is 0.419 e. The molecule has 0 spiro atoms. The zero-order chi connectivity index (χ0) is 21.1. The number of esters is 1. The van der Waals surface area contributed by atoms with E-state index < -0.39 is 23.7 Å². The summed E-state index contributed by atoms with van der Waals surface area (Å²) in [7, 11) is 0. The molecule has 7 heteroatoms. The fourth-order valence-corrected chi connectivity index (χ4v) is 3.34. The third-order valence-corrected chi connectivity index (χ3v) is 4.72. The molecular formula is C22H24N2O5. The van der Waals surface area contributed by atoms with Crippen LogP contribution in [0, 0.1) is 20.8 Å². The van der Waals surface area contributed by atoms with Crippen LogP contribution in [-0.4, -0.2) is 22.5 Å². The Balaban J connectivity index is 1.59. The summed E-state index contributed by atoms with van der Waals surface area (Å²) in [5, 5.41) is 2.83. The minimum atomic E-state index is -0.958. The third-order valence-electron chi connectivity index (χ3n) is 4.72. The summed E-state index contributed by atoms with van der Waals surface area (Å²) in [6.07, 6.45) is -1.01. The number of hydrogen-bond donors (Lipinski definition) is 1. The van der Waals surface area contributed by atoms with E-state index in [0.717, 1.165) is 22.4 Å². The standard InChI is InChI=1S/C22H24N2O5/c1-13-11-14(2)20(15(3)12-13)23-21(26)16(4)28-19(25)9-10-24-17-7-5-6-8-18(17)29-22(24)27/h5-8,11-12,16H,9-10H2,1-4H3,(H,23,26). The second kappa shape index (κ2) is 8.34. The summed E-state index contributed by atoms with van der Waals surface area (Å²) in [4.78, 5) is 36.6. The first kappa shape index (κ1) is 20.4. The van der Waals surface area contributed by atoms with Gasteiger partial charge in [0.15, 0.2) is 11.7 Å². The van der Waals surface area contributed by atoms with Crippen LogP contribution >= 0.6 is 0 Å². The molecule has 0 radical (unpaired) electrons. The topological polar surface area (TPSA) is 90.5 Å². The van der Waals surface area contributed by atoms with Crippen LogP contribution in [0.3, 0.4) is 0 Å². The average Bonchev–Trinajstić information content (AvgIpc) is 2.97. The Kier molecular flexibility index (Phi) is 5.87. The normalized spacial score (nSPS) is 12.0. The van der Waals surface area contributed by atoms with Crippen LogP contribution in [0.15, 0.2) is 45.6 Å². The summed E-state index contributed by atoms with van der Waals surface area (Å²) in [5.41, 5.74) is 4.80. The van der Waals surface area contributed by atoms with Gasteiger partial charge in [0, 0.05) is 12.2 Å². The minimum absolute atomic E-state index is 0.0519. The lowest BCUT2D eigenvalue weighted by Crippen LogP contribution is -2.31. The van der Waals surface area contributed by atoms with Crippen molar-refractivity contribution in [2.24, 2.45) is 0 Å². The van der Waals surface area contributed by atoms with Gasteiger partial charge >= 0.3 is 11.7 Å². The van der Waals surface area contributed by atoms with Crippen LogP contribution in [0.5, 0.6) is 0 Å². The Morgan fingerprint density at radius 2 is 1.79 bits per heavy atom. The molecule has 0 aliphatic heterocycles. The zero-order valence-electron chi connectivity index (χ0n) is 16.9. The third kappa shape index (κ3) is 4.56. The molecule has 0 aliphatic rings. The van der Waals surface area contributed by atoms with Crippen molar-refractivity contribution < 1.29 is 18.7 Å². The Labute approximate surface area is 168 Å². The molecule has 7 nitrogen and oxygen atoms in total. The Bertz CT molecular complexity index is 1100. The maximum absolute atomic E-state index is 12.4. The molecule has 0 bridgehead atoms. The number of anilines is 1. The van der Waals surface area contributed by atoms with E-state index in [0.29, 0.717) is 11.1 Å². The Hall–Kier alpha value is -3.35. The van der Waals surface area contributed by atoms with Crippen molar-refractivity contribution in [1.29, 1.82) is 0 Å². The van der Waals surface area contributed by atoms with Gasteiger partial charge in [-0.15, -0.1) is 0 Å². The van der Waals surface area contributed by atoms with Crippen molar-refractivity contribution in [2.75, 3.05) is 5.32 Å². The quantitative estimate of drug-likeness (QED) is 0.644. The van der Waals surface area contributed by atoms with Gasteiger partial charge in [-0.1, -0.05) is 29.8 Å². The van der Waals surface area contributed by atoms with E-state index in [1.807, 2.05) is 32.9 Å². The molecule has 1 atom stereocenters. The number of ether oxygens (including phenoxy) is 1. The Morgan fingerprint density at radius 3 is 2.48 bits per heavy atom. The van der Waals surface area contributed by atoms with E-state index >= 15 is 0 Å². The molecule has 1 N–H and O–H groups in total. The average molecular weight is 396 g/mol. The monoisotopic (exact) mass is 396 g/mol. The highest BCUT2D eigenvalue weighted by molar-refractivity contribution is 5.96. The number of rotatable bonds is 6. The minimum Gasteiger partial charge on any atom is -0.452 e. The number of nitrogens with one attached hydrogen (secondary N) is 1. The van der Waals surface area contributed by atoms with Gasteiger partial charge in [-0.3, -0.25) is 14.2 Å². The predicted molar refractivity (Wildman–Crippen MR) is 110 cm³/mol. The van der Waals surface area contributed by atoms with Gasteiger partial charge in [0.05, 0.1) is 11.9 Å². The lowest BCUT2D eigenvalue weighted by molar-refractivity contribution is -0.153. The molecule has 152 valence electrons. The van der Waals surface area contributed by atoms with Crippen molar-refractivity contribution in [3.05, 3.63) is 63.6 Å². The van der Waals surface area contributed by atoms with E-state index in [2.05, 4.69) is 5.32 Å². The molecule has 0 aliphatic carbocycles. The maximum atomic E-state index is 12.4. The van der Waals surface area contributed by atoms with E-state index in [4.69, 9.17) is 9.15 Å². The summed E-state index contributed by atoms with van der Waals surface area (Å²) < 4.78 is 11.8. The predicted octanol–water partition coefficient (Wildman–Crippen LogP) is 3.48. The number of aromatic nitrogens is 1. The van der Waals surface area contributed by atoms with Gasteiger partial charge < -0.3 is 14.5 Å². The van der Waals surface area contributed by atoms with Crippen LogP contribution in [0.1, 0.15) is 30.0 Å². The van der Waals surface area contributed by atoms with Gasteiger partial charge in [-0.2, -0.15) is 0 Å². The van der Waals surface area contributed by atoms with Crippen LogP contribution in [-0.2, 0) is 20.9 Å². The number of carbonyl (C=O) groups excluding carboxylic acids is 2. The summed E-state index contributed by atoms with van der Waals surface area (Å²) in [5.74, 6) is -1.50. The van der Waals surface area contributed by atoms with Gasteiger partial charge in [0.1, 0.15) is 0 Å². The van der Waals surface area contributed by atoms with Gasteiger partial charge in [0.25, 0.3) is 5.91 Å². The van der Waals surface area contributed by atoms with Gasteiger partial charge in [-0.25, -0.2) is 4.79 Å². The van der Waals surface area contributed by atoms with Crippen LogP contribution in [0.2, 0.25) is 0 Å². The highest BCUT2D eigenvalue weighted by Crippen LogP contribution is 2.22. The number of para-hydroxylation sites is 2. The van der Waals surface area contributed by atoms with Crippen molar-refractivity contribution in [2.45, 2.75) is 46.8 Å². The van der Waals surface area contributed by atoms with Crippen molar-refractivity contribution in [1.82, 2.24) is 4.57 Å². The van der Waals surface area contributed by atoms with Crippen LogP contribution in [0.25, 0.3) is 11.1 Å². The molecule has 0 saturated carbocycles. The SMILES string of the molecule is Cc1cc(C)c(NC(=O)C(C)OC(=O)CCn2c(=O)oc3ccccc32)c(C)c1. The first-order valence-electron chi connectivity index (χ1n) is 9.43. The second-order valence-electron chi connectivity index (χ2n) is 7.13. The first-order valence-corrected chi connectivity index (χ1v) is 9.43. The molecule has 3 aromatic rings. The largest absolute Gasteiger partial charge is 0.452 e. The lowest BCUT2D eigenvalue weighted by atomic mass is 10.0. The molecular weight excluding hydrogens is 372 g/mol. The van der Waals surface area contributed by atoms with Crippen molar-refractivity contribution in [3.8, 4) is 0 Å². The summed E-state index contributed by atoms with van der Waals surface area (Å²) in [6, 6.07) is 10.9. The van der Waals surface area contributed by atoms with E-state index in [9.17, 15) is 14.4 Å². The number of hydrogen-bond acceptors (Lipinski definition) is 5. The highest BCUT2D eigenvalue weighted by atomic mass is 16.5. The number of fused-ring (bicyclic) bond motifs is 1. The van der Waals surface area contributed by atoms with Crippen molar-refractivity contribution in [3.63, 3.8) is 0 Å². The molecule has 1 aromatic heterocycles. The van der Waals surface area contributed by atoms with Gasteiger partial charge in [-0.05, 0) is 51.0 Å². The molecule has 2 aromatic carbocycles. The number of oxazole rings is 1. The first-order chi connectivity index (χ1) is 13.8. The molecule has 1 unspecified atom stereocenters. The number of benzene rings is 2. The molecule has 0 fully saturated rings. The number of aryl methyl sites for hydroxylation is 4. The summed E-state index contributed by atoms with van der Waals surface area (Å²) >= 11 is 0. The highest BCUT2D eigenvalue weighted by Gasteiger charge is 2.20. The van der Waals surface area contributed by atoms with Crippen LogP contribution < -0.4 is 11.1 Å². The fraction of sp³-hybridized carbons (Fsp3) is 0.318. The smallest absolute Gasteiger partial charge is 0.419 e. The molecule has 1 heterocycles.